The van der Waals surface area contributed by atoms with Gasteiger partial charge < -0.3 is 4.74 Å². The van der Waals surface area contributed by atoms with E-state index >= 15 is 0 Å². The minimum absolute atomic E-state index is 0.719. The van der Waals surface area contributed by atoms with Crippen LogP contribution in [-0.2, 0) is 0 Å². The molecule has 0 unspecified atom stereocenters. The Morgan fingerprint density at radius 2 is 1.32 bits per heavy atom. The number of halogens is 6. The molecule has 0 aliphatic carbocycles. The third kappa shape index (κ3) is 3.86. The van der Waals surface area contributed by atoms with E-state index in [0.29, 0.717) is 0 Å². The maximum absolute atomic E-state index is 5.93. The summed E-state index contributed by atoms with van der Waals surface area (Å²) in [7, 11) is 0. The number of hydrogen-bond acceptors (Lipinski definition) is 1. The van der Waals surface area contributed by atoms with Gasteiger partial charge in [-0.15, -0.1) is 0 Å². The van der Waals surface area contributed by atoms with E-state index in [1.165, 1.54) is 0 Å². The van der Waals surface area contributed by atoms with Crippen LogP contribution in [0.4, 0.5) is 0 Å². The molecule has 7 heteroatoms. The Bertz CT molecular complexity index is 641. The second kappa shape index (κ2) is 6.92. The summed E-state index contributed by atoms with van der Waals surface area (Å²) < 4.78 is 11.4. The Labute approximate surface area is 161 Å². The van der Waals surface area contributed by atoms with Gasteiger partial charge >= 0.3 is 0 Å². The molecule has 0 heterocycles. The van der Waals surface area contributed by atoms with Gasteiger partial charge in [0.2, 0.25) is 0 Å². The van der Waals surface area contributed by atoms with Crippen molar-refractivity contribution in [2.75, 3.05) is 0 Å². The highest BCUT2D eigenvalue weighted by Crippen LogP contribution is 2.43. The summed E-state index contributed by atoms with van der Waals surface area (Å²) in [5.41, 5.74) is 0. The highest BCUT2D eigenvalue weighted by molar-refractivity contribution is 9.14. The normalized spacial score (nSPS) is 10.6. The second-order valence-corrected chi connectivity index (χ2v) is 8.48. The molecule has 2 aromatic carbocycles. The van der Waals surface area contributed by atoms with Crippen LogP contribution < -0.4 is 4.74 Å². The third-order valence-corrected chi connectivity index (χ3v) is 7.95. The van der Waals surface area contributed by atoms with E-state index in [0.717, 1.165) is 38.3 Å². The van der Waals surface area contributed by atoms with Crippen LogP contribution in [0.25, 0.3) is 0 Å². The van der Waals surface area contributed by atoms with Crippen molar-refractivity contribution in [1.82, 2.24) is 0 Å². The van der Waals surface area contributed by atoms with Crippen molar-refractivity contribution < 1.29 is 4.74 Å². The van der Waals surface area contributed by atoms with Crippen LogP contribution >= 0.6 is 95.6 Å². The number of ether oxygens (including phenoxy) is 1. The lowest BCUT2D eigenvalue weighted by Gasteiger charge is -2.12. The van der Waals surface area contributed by atoms with E-state index < -0.39 is 0 Å². The summed E-state index contributed by atoms with van der Waals surface area (Å²) >= 11 is 20.9. The lowest BCUT2D eigenvalue weighted by molar-refractivity contribution is 0.475. The van der Waals surface area contributed by atoms with E-state index in [2.05, 4.69) is 95.6 Å². The molecule has 0 atom stereocenters. The first-order valence-corrected chi connectivity index (χ1v) is 9.62. The van der Waals surface area contributed by atoms with Gasteiger partial charge in [-0.05, 0) is 104 Å². The highest BCUT2D eigenvalue weighted by atomic mass is 79.9. The van der Waals surface area contributed by atoms with Crippen LogP contribution in [0.1, 0.15) is 0 Å². The topological polar surface area (TPSA) is 9.23 Å². The summed E-state index contributed by atoms with van der Waals surface area (Å²) in [4.78, 5) is 0. The molecule has 0 aliphatic rings. The van der Waals surface area contributed by atoms with Crippen LogP contribution in [0.15, 0.2) is 51.1 Å². The molecule has 19 heavy (non-hydrogen) atoms. The molecule has 0 saturated heterocycles. The fourth-order valence-electron chi connectivity index (χ4n) is 1.31. The quantitative estimate of drug-likeness (QED) is 0.238. The van der Waals surface area contributed by atoms with Crippen LogP contribution in [0.3, 0.4) is 0 Å². The Hall–Kier alpha value is 1.12. The average molecular weight is 644 g/mol. The van der Waals surface area contributed by atoms with Crippen molar-refractivity contribution in [3.05, 3.63) is 51.1 Å². The summed E-state index contributed by atoms with van der Waals surface area (Å²) in [5, 5.41) is 0. The Kier molecular flexibility index (Phi) is 6.01. The zero-order chi connectivity index (χ0) is 14.2. The standard InChI is InChI=1S/C12H4Br6O/c13-5-3-7(15)10(16)9(4-5)19-8-2-1-6(14)11(17)12(8)18/h1-4H. The first-order chi connectivity index (χ1) is 8.90. The number of rotatable bonds is 2. The molecule has 2 rings (SSSR count). The van der Waals surface area contributed by atoms with Gasteiger partial charge in [-0.1, -0.05) is 15.9 Å². The first kappa shape index (κ1) is 16.5. The predicted molar refractivity (Wildman–Crippen MR) is 99.2 cm³/mol. The van der Waals surface area contributed by atoms with Gasteiger partial charge in [0.15, 0.2) is 0 Å². The van der Waals surface area contributed by atoms with E-state index in [1.54, 1.807) is 0 Å². The van der Waals surface area contributed by atoms with Crippen LogP contribution in [0.2, 0.25) is 0 Å². The van der Waals surface area contributed by atoms with Crippen molar-refractivity contribution in [3.8, 4) is 11.5 Å². The zero-order valence-corrected chi connectivity index (χ0v) is 18.5. The van der Waals surface area contributed by atoms with E-state index in [1.807, 2.05) is 24.3 Å². The van der Waals surface area contributed by atoms with Gasteiger partial charge in [-0.25, -0.2) is 0 Å². The molecule has 0 N–H and O–H groups in total. The molecule has 0 aromatic heterocycles. The largest absolute Gasteiger partial charge is 0.455 e. The Balaban J connectivity index is 2.45. The fourth-order valence-corrected chi connectivity index (χ4v) is 4.16. The summed E-state index contributed by atoms with van der Waals surface area (Å²) in [5.74, 6) is 1.44. The molecule has 0 aliphatic heterocycles. The maximum Gasteiger partial charge on any atom is 0.143 e. The smallest absolute Gasteiger partial charge is 0.143 e. The predicted octanol–water partition coefficient (Wildman–Crippen LogP) is 8.05. The van der Waals surface area contributed by atoms with E-state index in [9.17, 15) is 0 Å². The van der Waals surface area contributed by atoms with Crippen LogP contribution in [0, 0.1) is 0 Å². The number of benzene rings is 2. The van der Waals surface area contributed by atoms with Crippen molar-refractivity contribution in [3.63, 3.8) is 0 Å². The van der Waals surface area contributed by atoms with Gasteiger partial charge in [-0.3, -0.25) is 0 Å². The molecule has 100 valence electrons. The molecule has 0 spiro atoms. The summed E-state index contributed by atoms with van der Waals surface area (Å²) in [6, 6.07) is 7.66. The SMILES string of the molecule is Brc1cc(Br)c(Br)c(Oc2ccc(Br)c(Br)c2Br)c1. The molecule has 0 radical (unpaired) electrons. The minimum atomic E-state index is 0.719. The first-order valence-electron chi connectivity index (χ1n) is 4.86. The van der Waals surface area contributed by atoms with Crippen molar-refractivity contribution >= 4 is 95.6 Å². The second-order valence-electron chi connectivity index (χ2n) is 3.48. The van der Waals surface area contributed by atoms with Gasteiger partial charge in [0, 0.05) is 17.9 Å². The van der Waals surface area contributed by atoms with Gasteiger partial charge in [0.1, 0.15) is 11.5 Å². The lowest BCUT2D eigenvalue weighted by atomic mass is 10.3. The highest BCUT2D eigenvalue weighted by Gasteiger charge is 2.13. The fraction of sp³-hybridized carbons (Fsp3) is 0. The van der Waals surface area contributed by atoms with Crippen molar-refractivity contribution in [2.45, 2.75) is 0 Å². The average Bonchev–Trinajstić information content (AvgIpc) is 2.36. The molecule has 0 fully saturated rings. The van der Waals surface area contributed by atoms with E-state index in [4.69, 9.17) is 4.74 Å². The molecule has 0 saturated carbocycles. The monoisotopic (exact) mass is 638 g/mol. The summed E-state index contributed by atoms with van der Waals surface area (Å²) in [6.45, 7) is 0. The molecular formula is C12H4Br6O. The zero-order valence-electron chi connectivity index (χ0n) is 8.99. The molecule has 0 bridgehead atoms. The van der Waals surface area contributed by atoms with E-state index in [-0.39, 0.29) is 0 Å². The van der Waals surface area contributed by atoms with Crippen molar-refractivity contribution in [2.24, 2.45) is 0 Å². The molecule has 1 nitrogen and oxygen atoms in total. The van der Waals surface area contributed by atoms with Crippen LogP contribution in [-0.4, -0.2) is 0 Å². The van der Waals surface area contributed by atoms with Gasteiger partial charge in [-0.2, -0.15) is 0 Å². The van der Waals surface area contributed by atoms with Crippen LogP contribution in [0.5, 0.6) is 11.5 Å². The van der Waals surface area contributed by atoms with Gasteiger partial charge in [0.25, 0.3) is 0 Å². The number of hydrogen-bond donors (Lipinski definition) is 0. The lowest BCUT2D eigenvalue weighted by Crippen LogP contribution is -1.89. The Morgan fingerprint density at radius 3 is 2.00 bits per heavy atom. The molecule has 2 aromatic rings. The maximum atomic E-state index is 5.93. The third-order valence-electron chi connectivity index (χ3n) is 2.18. The minimum Gasteiger partial charge on any atom is -0.455 e. The summed E-state index contributed by atoms with van der Waals surface area (Å²) in [6.07, 6.45) is 0. The van der Waals surface area contributed by atoms with Gasteiger partial charge in [0.05, 0.1) is 8.95 Å². The Morgan fingerprint density at radius 1 is 0.632 bits per heavy atom. The molecular weight excluding hydrogens is 640 g/mol. The molecule has 0 amide bonds. The van der Waals surface area contributed by atoms with Crippen molar-refractivity contribution in [1.29, 1.82) is 0 Å².